The summed E-state index contributed by atoms with van der Waals surface area (Å²) in [7, 11) is 3.23. The third-order valence-corrected chi connectivity index (χ3v) is 28.2. The molecule has 1 aromatic heterocycles. The number of hydrogen-bond donors (Lipinski definition) is 5. The molecule has 2 atom stereocenters. The highest BCUT2D eigenvalue weighted by atomic mass is 79.9. The first kappa shape index (κ1) is 123. The smallest absolute Gasteiger partial charge is 0.281 e. The van der Waals surface area contributed by atoms with Gasteiger partial charge in [0.2, 0.25) is 23.6 Å². The van der Waals surface area contributed by atoms with Crippen molar-refractivity contribution in [3.8, 4) is 5.75 Å². The summed E-state index contributed by atoms with van der Waals surface area (Å²) in [5.74, 6) is -0.735. The molecule has 0 bridgehead atoms. The second-order valence-corrected chi connectivity index (χ2v) is 39.5. The molecule has 0 fully saturated rings. The van der Waals surface area contributed by atoms with Crippen LogP contribution in [0.1, 0.15) is 382 Å². The lowest BCUT2D eigenvalue weighted by atomic mass is 9.77. The van der Waals surface area contributed by atoms with Crippen LogP contribution in [-0.2, 0) is 74.4 Å². The van der Waals surface area contributed by atoms with E-state index in [2.05, 4.69) is 102 Å². The molecule has 788 valence electrons. The Labute approximate surface area is 855 Å². The van der Waals surface area contributed by atoms with Gasteiger partial charge in [0.15, 0.2) is 0 Å². The number of carbonyl (C=O) groups is 4. The second kappa shape index (κ2) is 86.1. The fourth-order valence-corrected chi connectivity index (χ4v) is 18.8. The summed E-state index contributed by atoms with van der Waals surface area (Å²) in [5, 5.41) is 15.3. The van der Waals surface area contributed by atoms with Crippen LogP contribution >= 0.6 is 31.9 Å². The lowest BCUT2D eigenvalue weighted by Gasteiger charge is -2.37. The molecule has 0 aliphatic rings. The Hall–Kier alpha value is -6.20. The van der Waals surface area contributed by atoms with Crippen molar-refractivity contribution in [3.05, 3.63) is 161 Å². The van der Waals surface area contributed by atoms with Crippen LogP contribution in [0.25, 0.3) is 0 Å². The summed E-state index contributed by atoms with van der Waals surface area (Å²) >= 11 is 6.58. The number of rotatable bonds is 97. The molecule has 4 amide bonds. The number of methoxy groups -OCH3 is 1. The summed E-state index contributed by atoms with van der Waals surface area (Å²) < 4.78 is 59.0. The van der Waals surface area contributed by atoms with E-state index in [-0.39, 0.29) is 58.1 Å². The molecule has 5 rings (SSSR count). The Morgan fingerprint density at radius 3 is 1.00 bits per heavy atom. The summed E-state index contributed by atoms with van der Waals surface area (Å²) in [4.78, 5) is 79.5. The Balaban J connectivity index is 0.735. The Bertz CT molecular complexity index is 3860. The van der Waals surface area contributed by atoms with Gasteiger partial charge < -0.3 is 68.6 Å². The third-order valence-electron chi connectivity index (χ3n) is 26.2. The topological polar surface area (TPSA) is 265 Å². The number of nitrogens with zero attached hydrogens (tertiary/aromatic N) is 2. The SMILES string of the molecule is CCCCCCCCCCCCCCCCCCCCCCCCCCCCCCCCCCCCCCCCCCCCCCCCCCCC(CC(=O)NCCOCCOCCOCCOCCOCCOCCOCCOCCNC(=O)COCC(=O)NC(CCCCNC(c1ccccc1)(c1ccccc1)c1ccc(OC)cc1)C(=O)Nc1ccc(C)cc1)n1c(=O)c(Br)c(Br)c(=O)n1C. The van der Waals surface area contributed by atoms with E-state index in [1.165, 1.54) is 305 Å². The average Bonchev–Trinajstić information content (AvgIpc) is 0.756. The van der Waals surface area contributed by atoms with Gasteiger partial charge in [0, 0.05) is 32.2 Å². The molecule has 0 saturated carbocycles. The number of carbonyl (C=O) groups excluding carboxylic acids is 4. The first-order valence-electron chi connectivity index (χ1n) is 54.9. The van der Waals surface area contributed by atoms with Gasteiger partial charge in [0.1, 0.15) is 34.0 Å². The number of nitrogens with one attached hydrogen (secondary N) is 5. The minimum atomic E-state index is -0.864. The lowest BCUT2D eigenvalue weighted by molar-refractivity contribution is -0.133. The van der Waals surface area contributed by atoms with Crippen LogP contribution in [0.15, 0.2) is 128 Å². The predicted octanol–water partition coefficient (Wildman–Crippen LogP) is 25.1. The molecule has 5 aromatic rings. The van der Waals surface area contributed by atoms with Gasteiger partial charge >= 0.3 is 0 Å². The van der Waals surface area contributed by atoms with Crippen LogP contribution in [0.2, 0.25) is 0 Å². The van der Waals surface area contributed by atoms with Gasteiger partial charge in [-0.1, -0.05) is 412 Å². The molecular weight excluding hydrogens is 1880 g/mol. The van der Waals surface area contributed by atoms with Gasteiger partial charge in [0.05, 0.1) is 124 Å². The molecule has 2 unspecified atom stereocenters. The number of benzene rings is 4. The van der Waals surface area contributed by atoms with Crippen molar-refractivity contribution in [2.45, 2.75) is 378 Å². The lowest BCUT2D eigenvalue weighted by Crippen LogP contribution is -2.46. The molecule has 5 N–H and O–H groups in total. The quantitative estimate of drug-likeness (QED) is 0.0179. The van der Waals surface area contributed by atoms with Crippen LogP contribution in [0.3, 0.4) is 0 Å². The van der Waals surface area contributed by atoms with E-state index in [9.17, 15) is 28.8 Å². The number of anilines is 1. The predicted molar refractivity (Wildman–Crippen MR) is 574 cm³/mol. The monoisotopic (exact) mass is 2070 g/mol. The number of aryl methyl sites for hydroxylation is 1. The third kappa shape index (κ3) is 61.0. The minimum Gasteiger partial charge on any atom is -0.497 e. The van der Waals surface area contributed by atoms with E-state index in [1.54, 1.807) is 14.2 Å². The van der Waals surface area contributed by atoms with Gasteiger partial charge in [-0.05, 0) is 112 Å². The molecule has 0 radical (unpaired) electrons. The van der Waals surface area contributed by atoms with Gasteiger partial charge in [-0.2, -0.15) is 0 Å². The number of hydrogen-bond acceptors (Lipinski definition) is 17. The average molecular weight is 2070 g/mol. The number of unbranched alkanes of at least 4 members (excludes halogenated alkanes) is 49. The zero-order valence-electron chi connectivity index (χ0n) is 86.8. The molecule has 1 heterocycles. The van der Waals surface area contributed by atoms with Crippen molar-refractivity contribution >= 4 is 61.2 Å². The molecule has 139 heavy (non-hydrogen) atoms. The van der Waals surface area contributed by atoms with Crippen LogP contribution in [0, 0.1) is 6.92 Å². The zero-order chi connectivity index (χ0) is 99.3. The number of aromatic nitrogens is 2. The summed E-state index contributed by atoms with van der Waals surface area (Å²) in [6, 6.07) is 34.8. The van der Waals surface area contributed by atoms with Crippen molar-refractivity contribution in [1.82, 2.24) is 30.6 Å². The minimum absolute atomic E-state index is 0.0647. The van der Waals surface area contributed by atoms with E-state index in [1.807, 2.05) is 79.7 Å². The fraction of sp³-hybridized carbons (Fsp3) is 0.719. The first-order valence-corrected chi connectivity index (χ1v) is 56.4. The molecule has 23 nitrogen and oxygen atoms in total. The van der Waals surface area contributed by atoms with Crippen LogP contribution in [0.4, 0.5) is 5.69 Å². The van der Waals surface area contributed by atoms with E-state index >= 15 is 0 Å². The van der Waals surface area contributed by atoms with Crippen LogP contribution in [-0.4, -0.2) is 185 Å². The number of ether oxygens (including phenoxy) is 10. The molecular formula is C114H187Br2N7O16. The molecule has 0 saturated heterocycles. The van der Waals surface area contributed by atoms with Gasteiger partial charge in [-0.15, -0.1) is 0 Å². The Kier molecular flexibility index (Phi) is 76.4. The Morgan fingerprint density at radius 1 is 0.338 bits per heavy atom. The van der Waals surface area contributed by atoms with E-state index < -0.39 is 36.0 Å². The van der Waals surface area contributed by atoms with E-state index in [0.717, 1.165) is 47.3 Å². The van der Waals surface area contributed by atoms with Crippen LogP contribution in [0.5, 0.6) is 5.75 Å². The largest absolute Gasteiger partial charge is 0.497 e. The van der Waals surface area contributed by atoms with Crippen molar-refractivity contribution in [1.29, 1.82) is 0 Å². The second-order valence-electron chi connectivity index (χ2n) is 37.9. The van der Waals surface area contributed by atoms with Crippen molar-refractivity contribution in [2.24, 2.45) is 7.05 Å². The number of halogens is 2. The van der Waals surface area contributed by atoms with Gasteiger partial charge in [-0.25, -0.2) is 9.36 Å². The number of amides is 4. The maximum atomic E-state index is 13.7. The van der Waals surface area contributed by atoms with E-state index in [4.69, 9.17) is 47.4 Å². The zero-order valence-corrected chi connectivity index (χ0v) is 89.9. The van der Waals surface area contributed by atoms with Gasteiger partial charge in [0.25, 0.3) is 11.1 Å². The summed E-state index contributed by atoms with van der Waals surface area (Å²) in [6.07, 6.45) is 70.9. The molecule has 0 aliphatic heterocycles. The summed E-state index contributed by atoms with van der Waals surface area (Å²) in [6.45, 7) is 10.7. The molecule has 0 spiro atoms. The highest BCUT2D eigenvalue weighted by Crippen LogP contribution is 2.38. The highest BCUT2D eigenvalue weighted by Gasteiger charge is 2.36. The first-order chi connectivity index (χ1) is 68.3. The maximum absolute atomic E-state index is 13.7. The van der Waals surface area contributed by atoms with Crippen LogP contribution < -0.4 is 42.4 Å². The van der Waals surface area contributed by atoms with Crippen molar-refractivity contribution in [3.63, 3.8) is 0 Å². The molecule has 0 aliphatic carbocycles. The van der Waals surface area contributed by atoms with Gasteiger partial charge in [-0.3, -0.25) is 34.1 Å². The van der Waals surface area contributed by atoms with E-state index in [0.29, 0.717) is 144 Å². The Morgan fingerprint density at radius 2 is 0.647 bits per heavy atom. The highest BCUT2D eigenvalue weighted by molar-refractivity contribution is 9.13. The fourth-order valence-electron chi connectivity index (χ4n) is 18.0. The molecule has 4 aromatic carbocycles. The summed E-state index contributed by atoms with van der Waals surface area (Å²) in [5.41, 5.74) is 3.45. The molecule has 25 heteroatoms. The van der Waals surface area contributed by atoms with Crippen molar-refractivity contribution < 1.29 is 66.5 Å². The maximum Gasteiger partial charge on any atom is 0.281 e. The normalized spacial score (nSPS) is 12.1. The standard InChI is InChI=1S/C114H187Br2N7O16/c1-5-6-7-8-9-10-11-12-13-14-15-16-17-18-19-20-21-22-23-24-25-26-27-28-29-30-31-32-33-34-35-36-37-38-39-40-41-42-43-44-45-46-47-48-49-50-51-52-59-66-103(123-113(129)110(116)109(115)112(128)122(123)3)95-106(124)117-77-79-131-81-83-133-85-87-135-89-91-137-93-94-138-92-90-136-88-86-134-84-82-132-80-78-118-107(125)96-139-97-108(126)121-105(111(127)120-102-72-68-98(2)69-73-102)67-60-61-76-119-114(99-62-55-53-56-63-99,100-64-57-54-58-65-100)101-70-74-104(130-4)75-71-101/h53-58,62-65,68-75,103,105,119H,5-52,59-61,66-67,76-97H2,1-4H3,(H,117,124)(H,118,125)(H,120,127)(H,121,126). The van der Waals surface area contributed by atoms with Crippen molar-refractivity contribution in [2.75, 3.05) is 151 Å².